The Bertz CT molecular complexity index is 584. The number of thioether (sulfide) groups is 1. The summed E-state index contributed by atoms with van der Waals surface area (Å²) < 4.78 is 0. The van der Waals surface area contributed by atoms with Crippen LogP contribution in [-0.2, 0) is 11.2 Å². The van der Waals surface area contributed by atoms with Crippen molar-refractivity contribution in [3.63, 3.8) is 0 Å². The molecule has 0 atom stereocenters. The number of benzene rings is 2. The van der Waals surface area contributed by atoms with Gasteiger partial charge in [0.05, 0.1) is 12.1 Å². The number of nitrogens with one attached hydrogen (secondary N) is 1. The lowest BCUT2D eigenvalue weighted by Gasteiger charge is -2.09. The van der Waals surface area contributed by atoms with Crippen LogP contribution in [0.5, 0.6) is 5.75 Å². The van der Waals surface area contributed by atoms with E-state index in [-0.39, 0.29) is 11.7 Å². The first-order chi connectivity index (χ1) is 9.20. The Morgan fingerprint density at radius 2 is 1.84 bits per heavy atom. The maximum Gasteiger partial charge on any atom is 0.228 e. The zero-order valence-electron chi connectivity index (χ0n) is 10.6. The molecule has 0 fully saturated rings. The van der Waals surface area contributed by atoms with Crippen molar-refractivity contribution in [1.29, 1.82) is 0 Å². The summed E-state index contributed by atoms with van der Waals surface area (Å²) in [6.45, 7) is 0. The van der Waals surface area contributed by atoms with Gasteiger partial charge in [-0.1, -0.05) is 30.3 Å². The zero-order chi connectivity index (χ0) is 13.7. The molecule has 98 valence electrons. The first kappa shape index (κ1) is 13.5. The van der Waals surface area contributed by atoms with Crippen LogP contribution in [0.3, 0.4) is 0 Å². The molecule has 0 saturated heterocycles. The number of anilines is 1. The lowest BCUT2D eigenvalue weighted by atomic mass is 10.1. The van der Waals surface area contributed by atoms with Gasteiger partial charge in [-0.3, -0.25) is 4.79 Å². The Hall–Kier alpha value is -1.94. The lowest BCUT2D eigenvalue weighted by molar-refractivity contribution is -0.115. The second kappa shape index (κ2) is 6.29. The molecule has 0 unspecified atom stereocenters. The number of hydrogen-bond donors (Lipinski definition) is 2. The minimum atomic E-state index is -0.136. The predicted molar refractivity (Wildman–Crippen MR) is 78.7 cm³/mol. The molecule has 1 amide bonds. The highest BCUT2D eigenvalue weighted by Crippen LogP contribution is 2.23. The van der Waals surface area contributed by atoms with E-state index in [4.69, 9.17) is 0 Å². The summed E-state index contributed by atoms with van der Waals surface area (Å²) in [4.78, 5) is 13.1. The Balaban J connectivity index is 2.08. The van der Waals surface area contributed by atoms with Crippen LogP contribution in [0.15, 0.2) is 53.4 Å². The fourth-order valence-electron chi connectivity index (χ4n) is 1.80. The van der Waals surface area contributed by atoms with E-state index < -0.39 is 0 Å². The third-order valence-electron chi connectivity index (χ3n) is 2.72. The van der Waals surface area contributed by atoms with Gasteiger partial charge in [-0.25, -0.2) is 0 Å². The highest BCUT2D eigenvalue weighted by molar-refractivity contribution is 7.98. The second-order valence-corrected chi connectivity index (χ2v) is 4.90. The van der Waals surface area contributed by atoms with Crippen molar-refractivity contribution in [2.45, 2.75) is 11.3 Å². The number of aromatic hydroxyl groups is 1. The number of phenols is 1. The molecule has 0 aliphatic carbocycles. The van der Waals surface area contributed by atoms with Gasteiger partial charge in [-0.05, 0) is 30.0 Å². The van der Waals surface area contributed by atoms with Crippen LogP contribution in [0.25, 0.3) is 0 Å². The third kappa shape index (κ3) is 3.51. The second-order valence-electron chi connectivity index (χ2n) is 4.05. The Morgan fingerprint density at radius 1 is 1.16 bits per heavy atom. The van der Waals surface area contributed by atoms with Crippen molar-refractivity contribution in [3.8, 4) is 5.75 Å². The van der Waals surface area contributed by atoms with Crippen LogP contribution in [0, 0.1) is 0 Å². The van der Waals surface area contributed by atoms with Crippen molar-refractivity contribution in [2.75, 3.05) is 11.6 Å². The zero-order valence-corrected chi connectivity index (χ0v) is 11.4. The lowest BCUT2D eigenvalue weighted by Crippen LogP contribution is -2.14. The predicted octanol–water partition coefficient (Wildman–Crippen LogP) is 3.30. The first-order valence-electron chi connectivity index (χ1n) is 5.90. The summed E-state index contributed by atoms with van der Waals surface area (Å²) in [6, 6.07) is 14.5. The largest absolute Gasteiger partial charge is 0.506 e. The molecule has 0 heterocycles. The van der Waals surface area contributed by atoms with E-state index in [2.05, 4.69) is 5.32 Å². The van der Waals surface area contributed by atoms with E-state index >= 15 is 0 Å². The molecule has 0 aromatic heterocycles. The molecule has 0 radical (unpaired) electrons. The van der Waals surface area contributed by atoms with E-state index in [1.807, 2.05) is 30.5 Å². The number of para-hydroxylation sites is 2. The molecule has 4 heteroatoms. The van der Waals surface area contributed by atoms with Crippen LogP contribution in [0.4, 0.5) is 5.69 Å². The smallest absolute Gasteiger partial charge is 0.228 e. The number of amides is 1. The summed E-state index contributed by atoms with van der Waals surface area (Å²) in [6.07, 6.45) is 2.28. The molecule has 0 bridgehead atoms. The van der Waals surface area contributed by atoms with Crippen molar-refractivity contribution in [3.05, 3.63) is 54.1 Å². The molecule has 0 spiro atoms. The molecule has 19 heavy (non-hydrogen) atoms. The molecule has 0 aliphatic heterocycles. The minimum absolute atomic E-state index is 0.0778. The minimum Gasteiger partial charge on any atom is -0.506 e. The van der Waals surface area contributed by atoms with Gasteiger partial charge in [0.15, 0.2) is 0 Å². The Morgan fingerprint density at radius 3 is 2.58 bits per heavy atom. The summed E-state index contributed by atoms with van der Waals surface area (Å²) in [5.74, 6) is -0.0583. The molecule has 2 rings (SSSR count). The van der Waals surface area contributed by atoms with Crippen molar-refractivity contribution in [2.24, 2.45) is 0 Å². The SMILES string of the molecule is CSc1ccccc1CC(=O)Nc1ccccc1O. The highest BCUT2D eigenvalue weighted by Gasteiger charge is 2.09. The van der Waals surface area contributed by atoms with E-state index in [0.717, 1.165) is 10.5 Å². The van der Waals surface area contributed by atoms with Crippen LogP contribution >= 0.6 is 11.8 Å². The average molecular weight is 273 g/mol. The Kier molecular flexibility index (Phi) is 4.47. The fourth-order valence-corrected chi connectivity index (χ4v) is 2.41. The van der Waals surface area contributed by atoms with Crippen molar-refractivity contribution >= 4 is 23.4 Å². The molecule has 2 N–H and O–H groups in total. The summed E-state index contributed by atoms with van der Waals surface area (Å²) in [7, 11) is 0. The number of carbonyl (C=O) groups excluding carboxylic acids is 1. The molecule has 2 aromatic carbocycles. The van der Waals surface area contributed by atoms with Crippen molar-refractivity contribution < 1.29 is 9.90 Å². The van der Waals surface area contributed by atoms with E-state index in [1.54, 1.807) is 36.0 Å². The maximum atomic E-state index is 12.0. The standard InChI is InChI=1S/C15H15NO2S/c1-19-14-9-5-2-6-11(14)10-15(18)16-12-7-3-4-8-13(12)17/h2-9,17H,10H2,1H3,(H,16,18). The van der Waals surface area contributed by atoms with Gasteiger partial charge in [0.25, 0.3) is 0 Å². The van der Waals surface area contributed by atoms with Gasteiger partial charge in [0, 0.05) is 4.90 Å². The van der Waals surface area contributed by atoms with Crippen molar-refractivity contribution in [1.82, 2.24) is 0 Å². The number of hydrogen-bond acceptors (Lipinski definition) is 3. The van der Waals surface area contributed by atoms with Gasteiger partial charge in [0.1, 0.15) is 5.75 Å². The van der Waals surface area contributed by atoms with Gasteiger partial charge >= 0.3 is 0 Å². The van der Waals surface area contributed by atoms with E-state index in [9.17, 15) is 9.90 Å². The van der Waals surface area contributed by atoms with Crippen LogP contribution < -0.4 is 5.32 Å². The van der Waals surface area contributed by atoms with Gasteiger partial charge in [0.2, 0.25) is 5.91 Å². The summed E-state index contributed by atoms with van der Waals surface area (Å²) in [5.41, 5.74) is 1.43. The molecule has 0 aliphatic rings. The van der Waals surface area contributed by atoms with Gasteiger partial charge in [-0.2, -0.15) is 0 Å². The van der Waals surface area contributed by atoms with Gasteiger partial charge < -0.3 is 10.4 Å². The molecule has 2 aromatic rings. The number of rotatable bonds is 4. The molecule has 0 saturated carbocycles. The number of carbonyl (C=O) groups is 1. The first-order valence-corrected chi connectivity index (χ1v) is 7.13. The maximum absolute atomic E-state index is 12.0. The summed E-state index contributed by atoms with van der Waals surface area (Å²) >= 11 is 1.62. The topological polar surface area (TPSA) is 49.3 Å². The highest BCUT2D eigenvalue weighted by atomic mass is 32.2. The molecular formula is C15H15NO2S. The van der Waals surface area contributed by atoms with Gasteiger partial charge in [-0.15, -0.1) is 11.8 Å². The van der Waals surface area contributed by atoms with E-state index in [1.165, 1.54) is 0 Å². The summed E-state index contributed by atoms with van der Waals surface area (Å²) in [5, 5.41) is 12.3. The normalized spacial score (nSPS) is 10.2. The number of phenolic OH excluding ortho intramolecular Hbond substituents is 1. The third-order valence-corrected chi connectivity index (χ3v) is 3.56. The quantitative estimate of drug-likeness (QED) is 0.664. The van der Waals surface area contributed by atoms with E-state index in [0.29, 0.717) is 12.1 Å². The molecular weight excluding hydrogens is 258 g/mol. The fraction of sp³-hybridized carbons (Fsp3) is 0.133. The monoisotopic (exact) mass is 273 g/mol. The Labute approximate surface area is 116 Å². The average Bonchev–Trinajstić information content (AvgIpc) is 2.42. The van der Waals surface area contributed by atoms with Crippen LogP contribution in [0.2, 0.25) is 0 Å². The molecule has 3 nitrogen and oxygen atoms in total. The van der Waals surface area contributed by atoms with Crippen LogP contribution in [-0.4, -0.2) is 17.3 Å². The van der Waals surface area contributed by atoms with Crippen LogP contribution in [0.1, 0.15) is 5.56 Å².